The van der Waals surface area contributed by atoms with E-state index in [9.17, 15) is 14.0 Å². The predicted molar refractivity (Wildman–Crippen MR) is 118 cm³/mol. The van der Waals surface area contributed by atoms with Crippen LogP contribution in [0.25, 0.3) is 5.65 Å². The second-order valence-corrected chi connectivity index (χ2v) is 12.7. The first-order valence-corrected chi connectivity index (χ1v) is 14.5. The summed E-state index contributed by atoms with van der Waals surface area (Å²) < 4.78 is 35.3. The van der Waals surface area contributed by atoms with E-state index in [2.05, 4.69) is 15.4 Å². The molecule has 1 aliphatic carbocycles. The molecule has 0 aromatic carbocycles. The number of anilines is 1. The highest BCUT2D eigenvalue weighted by Gasteiger charge is 2.35. The van der Waals surface area contributed by atoms with E-state index in [0.717, 1.165) is 18.5 Å². The molecule has 11 nitrogen and oxygen atoms in total. The van der Waals surface area contributed by atoms with Crippen LogP contribution >= 0.6 is 26.8 Å². The summed E-state index contributed by atoms with van der Waals surface area (Å²) in [5.74, 6) is -1.22. The summed E-state index contributed by atoms with van der Waals surface area (Å²) in [4.78, 5) is 31.9. The van der Waals surface area contributed by atoms with Crippen LogP contribution in [0.15, 0.2) is 12.3 Å². The Morgan fingerprint density at radius 1 is 1.19 bits per heavy atom. The lowest BCUT2D eigenvalue weighted by atomic mass is 9.95. The van der Waals surface area contributed by atoms with Crippen LogP contribution in [0.3, 0.4) is 0 Å². The van der Waals surface area contributed by atoms with Gasteiger partial charge in [0.05, 0.1) is 30.3 Å². The van der Waals surface area contributed by atoms with Gasteiger partial charge in [-0.1, -0.05) is 30.9 Å². The van der Waals surface area contributed by atoms with E-state index in [-0.39, 0.29) is 12.7 Å². The number of rotatable bonds is 8. The Morgan fingerprint density at radius 3 is 2.66 bits per heavy atom. The Labute approximate surface area is 190 Å². The molecule has 0 bridgehead atoms. The fourth-order valence-corrected chi connectivity index (χ4v) is 7.04. The monoisotopic (exact) mass is 508 g/mol. The largest absolute Gasteiger partial charge is 0.379 e. The summed E-state index contributed by atoms with van der Waals surface area (Å²) in [5.41, 5.74) is 2.18. The number of halogens is 1. The Morgan fingerprint density at radius 2 is 1.94 bits per heavy atom. The zero-order valence-corrected chi connectivity index (χ0v) is 19.9. The second kappa shape index (κ2) is 9.68. The van der Waals surface area contributed by atoms with Crippen molar-refractivity contribution < 1.29 is 33.1 Å². The van der Waals surface area contributed by atoms with Gasteiger partial charge in [0.1, 0.15) is 6.10 Å². The lowest BCUT2D eigenvalue weighted by molar-refractivity contribution is 0.0125. The van der Waals surface area contributed by atoms with Gasteiger partial charge in [0.25, 0.3) is 0 Å². The fraction of sp³-hybridized carbons (Fsp3) is 0.667. The van der Waals surface area contributed by atoms with Gasteiger partial charge in [-0.25, -0.2) is 9.50 Å². The molecule has 178 valence electrons. The predicted octanol–water partition coefficient (Wildman–Crippen LogP) is 3.68. The first-order valence-electron chi connectivity index (χ1n) is 10.6. The summed E-state index contributed by atoms with van der Waals surface area (Å²) in [7, 11) is -9.08. The lowest BCUT2D eigenvalue weighted by Gasteiger charge is -2.24. The highest BCUT2D eigenvalue weighted by molar-refractivity contribution is 7.70. The van der Waals surface area contributed by atoms with E-state index < -0.39 is 27.2 Å². The first kappa shape index (κ1) is 24.1. The van der Waals surface area contributed by atoms with Crippen molar-refractivity contribution in [3.63, 3.8) is 0 Å². The van der Waals surface area contributed by atoms with Gasteiger partial charge in [0, 0.05) is 12.1 Å². The number of hydrogen-bond donors (Lipinski definition) is 4. The van der Waals surface area contributed by atoms with Crippen molar-refractivity contribution in [2.45, 2.75) is 63.2 Å². The number of hydrogen-bond acceptors (Lipinski definition) is 7. The van der Waals surface area contributed by atoms with E-state index in [4.69, 9.17) is 30.6 Å². The Hall–Kier alpha value is -1.03. The fourth-order valence-electron chi connectivity index (χ4n) is 4.27. The maximum Gasteiger partial charge on any atom is 0.340 e. The number of aromatic nitrogens is 3. The van der Waals surface area contributed by atoms with E-state index in [1.54, 1.807) is 16.8 Å². The molecule has 0 amide bonds. The van der Waals surface area contributed by atoms with Gasteiger partial charge in [-0.3, -0.25) is 9.13 Å². The third-order valence-corrected chi connectivity index (χ3v) is 9.33. The molecule has 2 aliphatic rings. The summed E-state index contributed by atoms with van der Waals surface area (Å²) in [5, 5.41) is 8.25. The van der Waals surface area contributed by atoms with Crippen molar-refractivity contribution in [3.8, 4) is 0 Å². The molecule has 4 rings (SSSR count). The molecule has 32 heavy (non-hydrogen) atoms. The highest BCUT2D eigenvalue weighted by atomic mass is 35.5. The van der Waals surface area contributed by atoms with Gasteiger partial charge >= 0.3 is 15.2 Å². The average Bonchev–Trinajstić information content (AvgIpc) is 3.32. The third-order valence-electron chi connectivity index (χ3n) is 5.69. The van der Waals surface area contributed by atoms with Crippen molar-refractivity contribution >= 4 is 38.1 Å². The van der Waals surface area contributed by atoms with Crippen molar-refractivity contribution in [2.75, 3.05) is 17.8 Å². The molecule has 2 aromatic heterocycles. The normalized spacial score (nSPS) is 24.6. The van der Waals surface area contributed by atoms with Crippen LogP contribution < -0.4 is 5.32 Å². The topological polar surface area (TPSA) is 156 Å². The second-order valence-electron chi connectivity index (χ2n) is 8.34. The van der Waals surface area contributed by atoms with Crippen LogP contribution in [0.1, 0.15) is 56.7 Å². The van der Waals surface area contributed by atoms with Crippen LogP contribution in [0, 0.1) is 0 Å². The van der Waals surface area contributed by atoms with Crippen LogP contribution in [0.2, 0.25) is 5.15 Å². The molecule has 0 spiro atoms. The quantitative estimate of drug-likeness (QED) is 0.388. The molecule has 14 heteroatoms. The van der Waals surface area contributed by atoms with Crippen molar-refractivity contribution in [3.05, 3.63) is 23.1 Å². The van der Waals surface area contributed by atoms with Crippen molar-refractivity contribution in [1.82, 2.24) is 14.6 Å². The average molecular weight is 509 g/mol. The number of fused-ring (bicyclic) bond motifs is 1. The molecule has 1 saturated heterocycles. The number of nitrogens with one attached hydrogen (secondary N) is 1. The van der Waals surface area contributed by atoms with Crippen LogP contribution in [-0.4, -0.2) is 53.9 Å². The minimum Gasteiger partial charge on any atom is -0.379 e. The Kier molecular flexibility index (Phi) is 7.29. The van der Waals surface area contributed by atoms with Gasteiger partial charge in [-0.05, 0) is 25.7 Å². The Balaban J connectivity index is 1.44. The van der Waals surface area contributed by atoms with Gasteiger partial charge in [0.2, 0.25) is 0 Å². The first-order chi connectivity index (χ1) is 15.1. The molecule has 3 heterocycles. The molecular formula is C18H27ClN4O7P2. The van der Waals surface area contributed by atoms with Crippen LogP contribution in [-0.2, 0) is 18.4 Å². The summed E-state index contributed by atoms with van der Waals surface area (Å²) in [6.07, 6.45) is 7.82. The summed E-state index contributed by atoms with van der Waals surface area (Å²) in [6.45, 7) is -0.246. The zero-order chi connectivity index (χ0) is 22.9. The van der Waals surface area contributed by atoms with E-state index >= 15 is 0 Å². The Bertz CT molecular complexity index is 1060. The van der Waals surface area contributed by atoms with Gasteiger partial charge in [-0.2, -0.15) is 5.10 Å². The van der Waals surface area contributed by atoms with Gasteiger partial charge in [0.15, 0.2) is 16.7 Å². The molecular weight excluding hydrogens is 482 g/mol. The maximum atomic E-state index is 11.8. The lowest BCUT2D eigenvalue weighted by Crippen LogP contribution is -2.23. The molecule has 1 unspecified atom stereocenters. The smallest absolute Gasteiger partial charge is 0.340 e. The van der Waals surface area contributed by atoms with Crippen LogP contribution in [0.5, 0.6) is 0 Å². The van der Waals surface area contributed by atoms with Gasteiger partial charge < -0.3 is 29.3 Å². The minimum absolute atomic E-state index is 0.246. The highest BCUT2D eigenvalue weighted by Crippen LogP contribution is 2.55. The molecule has 1 aliphatic heterocycles. The third kappa shape index (κ3) is 6.10. The van der Waals surface area contributed by atoms with Crippen LogP contribution in [0.4, 0.5) is 5.69 Å². The van der Waals surface area contributed by atoms with Gasteiger partial charge in [-0.15, -0.1) is 0 Å². The van der Waals surface area contributed by atoms with E-state index in [0.29, 0.717) is 35.4 Å². The van der Waals surface area contributed by atoms with Crippen molar-refractivity contribution in [2.24, 2.45) is 0 Å². The van der Waals surface area contributed by atoms with E-state index in [1.165, 1.54) is 19.3 Å². The number of imidazole rings is 1. The molecule has 3 atom stereocenters. The maximum absolute atomic E-state index is 11.8. The van der Waals surface area contributed by atoms with E-state index in [1.807, 2.05) is 0 Å². The number of nitrogens with zero attached hydrogens (tertiary/aromatic N) is 3. The minimum atomic E-state index is -4.67. The van der Waals surface area contributed by atoms with Crippen molar-refractivity contribution in [1.29, 1.82) is 0 Å². The number of ether oxygens (including phenoxy) is 1. The molecule has 0 radical (unpaired) electrons. The zero-order valence-electron chi connectivity index (χ0n) is 17.3. The molecule has 1 saturated carbocycles. The molecule has 2 aromatic rings. The molecule has 4 N–H and O–H groups in total. The molecule has 2 fully saturated rings. The summed E-state index contributed by atoms with van der Waals surface area (Å²) >= 11 is 6.28. The summed E-state index contributed by atoms with van der Waals surface area (Å²) in [6, 6.07) is 2.14. The SMILES string of the molecule is O=P(O)(O)CP(=O)(O)OC[C@@H]1CC[C@H](c2cnc3c(NC4CCCCC4)cc(Cl)nn23)O1. The standard InChI is InChI=1S/C18H27ClN4O7P2/c19-17-8-14(21-12-4-2-1-3-5-12)18-20-9-15(23(18)22-17)16-7-6-13(30-16)10-29-32(27,28)11-31(24,25)26/h8-9,12-13,16,21H,1-7,10-11H2,(H,27,28)(H2,24,25,26)/t13-,16+/m0/s1.